The molecule has 214 valence electrons. The maximum atomic E-state index is 14.4. The van der Waals surface area contributed by atoms with Crippen molar-refractivity contribution in [2.75, 3.05) is 7.11 Å². The molecule has 0 aromatic carbocycles. The number of rotatable bonds is 5. The van der Waals surface area contributed by atoms with Crippen LogP contribution in [0.4, 0.5) is 0 Å². The molecule has 2 heterocycles. The number of esters is 3. The summed E-state index contributed by atoms with van der Waals surface area (Å²) < 4.78 is 22.4. The minimum atomic E-state index is -0.945. The van der Waals surface area contributed by atoms with Gasteiger partial charge in [-0.25, -0.2) is 9.59 Å². The maximum Gasteiger partial charge on any atom is 0.333 e. The zero-order chi connectivity index (χ0) is 29.2. The van der Waals surface area contributed by atoms with E-state index < -0.39 is 58.2 Å². The van der Waals surface area contributed by atoms with Crippen LogP contribution in [0.25, 0.3) is 0 Å². The minimum Gasteiger partial charge on any atom is -0.472 e. The Bertz CT molecular complexity index is 1340. The van der Waals surface area contributed by atoms with Gasteiger partial charge in [0.2, 0.25) is 0 Å². The highest BCUT2D eigenvalue weighted by atomic mass is 16.6. The van der Waals surface area contributed by atoms with Crippen molar-refractivity contribution in [1.82, 2.24) is 0 Å². The highest BCUT2D eigenvalue weighted by molar-refractivity contribution is 5.95. The SMILES string of the molecule is C/C=C(\C)C(=O)O[C@@H]1[C@H]2C=C3C4=CC(=O)O[C@@H](c5ccoc5)[C@]4(C)CCC3[C@@](C)(C2=O)[C@@H](CC(=O)OC)C1(C)C. The summed E-state index contributed by atoms with van der Waals surface area (Å²) in [7, 11) is 1.34. The fraction of sp³-hybridized carbons (Fsp3) is 0.562. The van der Waals surface area contributed by atoms with Gasteiger partial charge in [-0.1, -0.05) is 39.8 Å². The van der Waals surface area contributed by atoms with Gasteiger partial charge >= 0.3 is 17.9 Å². The summed E-state index contributed by atoms with van der Waals surface area (Å²) in [6, 6.07) is 1.81. The maximum absolute atomic E-state index is 14.4. The number of ether oxygens (including phenoxy) is 3. The van der Waals surface area contributed by atoms with Crippen molar-refractivity contribution >= 4 is 23.7 Å². The van der Waals surface area contributed by atoms with Gasteiger partial charge in [0.05, 0.1) is 25.6 Å². The van der Waals surface area contributed by atoms with Gasteiger partial charge in [0, 0.05) is 39.9 Å². The molecule has 0 N–H and O–H groups in total. The Morgan fingerprint density at radius 3 is 2.52 bits per heavy atom. The molecule has 5 rings (SSSR count). The van der Waals surface area contributed by atoms with Crippen molar-refractivity contribution in [2.24, 2.45) is 34.0 Å². The highest BCUT2D eigenvalue weighted by Crippen LogP contribution is 2.67. The van der Waals surface area contributed by atoms with E-state index in [1.807, 2.05) is 26.8 Å². The van der Waals surface area contributed by atoms with Gasteiger partial charge < -0.3 is 18.6 Å². The number of carbonyl (C=O) groups is 4. The summed E-state index contributed by atoms with van der Waals surface area (Å²) in [5, 5.41) is 0. The second-order valence-electron chi connectivity index (χ2n) is 12.7. The minimum absolute atomic E-state index is 0.00882. The van der Waals surface area contributed by atoms with E-state index in [-0.39, 0.29) is 18.1 Å². The van der Waals surface area contributed by atoms with Crippen molar-refractivity contribution < 1.29 is 37.8 Å². The van der Waals surface area contributed by atoms with E-state index in [2.05, 4.69) is 6.92 Å². The van der Waals surface area contributed by atoms with E-state index in [9.17, 15) is 19.2 Å². The fourth-order valence-electron chi connectivity index (χ4n) is 8.01. The third-order valence-corrected chi connectivity index (χ3v) is 10.4. The first-order valence-electron chi connectivity index (χ1n) is 13.9. The quantitative estimate of drug-likeness (QED) is 0.271. The van der Waals surface area contributed by atoms with Crippen LogP contribution in [-0.4, -0.2) is 36.9 Å². The number of carbonyl (C=O) groups excluding carboxylic acids is 4. The molecular weight excluding hydrogens is 512 g/mol. The lowest BCUT2D eigenvalue weighted by atomic mass is 9.41. The third kappa shape index (κ3) is 3.93. The van der Waals surface area contributed by atoms with Crippen molar-refractivity contribution in [2.45, 2.75) is 73.0 Å². The second-order valence-corrected chi connectivity index (χ2v) is 12.7. The molecule has 2 saturated carbocycles. The van der Waals surface area contributed by atoms with Gasteiger partial charge in [-0.2, -0.15) is 0 Å². The molecule has 1 unspecified atom stereocenters. The number of furan rings is 1. The molecule has 0 spiro atoms. The lowest BCUT2D eigenvalue weighted by Gasteiger charge is -2.62. The molecule has 1 aliphatic heterocycles. The molecule has 0 radical (unpaired) electrons. The normalized spacial score (nSPS) is 36.4. The van der Waals surface area contributed by atoms with Crippen molar-refractivity contribution in [3.05, 3.63) is 59.1 Å². The average Bonchev–Trinajstić information content (AvgIpc) is 3.45. The molecule has 2 fully saturated rings. The van der Waals surface area contributed by atoms with E-state index in [0.717, 1.165) is 16.7 Å². The smallest absolute Gasteiger partial charge is 0.333 e. The number of allylic oxidation sites excluding steroid dienone is 2. The van der Waals surface area contributed by atoms with E-state index in [0.29, 0.717) is 18.4 Å². The molecule has 0 amide bonds. The second kappa shape index (κ2) is 9.60. The zero-order valence-corrected chi connectivity index (χ0v) is 24.2. The summed E-state index contributed by atoms with van der Waals surface area (Å²) in [4.78, 5) is 53.2. The topological polar surface area (TPSA) is 109 Å². The molecular formula is C32H38O8. The molecule has 8 nitrogen and oxygen atoms in total. The predicted octanol–water partition coefficient (Wildman–Crippen LogP) is 5.45. The number of methoxy groups -OCH3 is 1. The van der Waals surface area contributed by atoms with Gasteiger partial charge in [-0.05, 0) is 55.7 Å². The average molecular weight is 551 g/mol. The molecule has 3 aliphatic carbocycles. The number of hydrogen-bond donors (Lipinski definition) is 0. The van der Waals surface area contributed by atoms with Crippen LogP contribution >= 0.6 is 0 Å². The highest BCUT2D eigenvalue weighted by Gasteiger charge is 2.68. The Balaban J connectivity index is 1.69. The van der Waals surface area contributed by atoms with E-state index in [1.165, 1.54) is 7.11 Å². The van der Waals surface area contributed by atoms with Crippen molar-refractivity contribution in [1.29, 1.82) is 0 Å². The largest absolute Gasteiger partial charge is 0.472 e. The van der Waals surface area contributed by atoms with Crippen LogP contribution in [0.2, 0.25) is 0 Å². The van der Waals surface area contributed by atoms with E-state index in [1.54, 1.807) is 44.6 Å². The molecule has 1 aromatic rings. The standard InChI is InChI=1S/C32H38O8/c1-8-17(2)29(36)40-28-20-13-19-21(32(6,26(20)35)23(30(28,3)4)15-24(33)37-7)9-11-31(5)22(19)14-25(34)39-27(31)18-10-12-38-16-18/h8,10,12-14,16,20-21,23,27-28H,9,11,15H2,1-7H3/b17-8+/t20-,21?,23-,27-,28+,31+,32+/m0/s1. The van der Waals surface area contributed by atoms with Gasteiger partial charge in [-0.3, -0.25) is 9.59 Å². The Kier molecular flexibility index (Phi) is 6.75. The molecule has 2 bridgehead atoms. The van der Waals surface area contributed by atoms with Gasteiger partial charge in [0.1, 0.15) is 18.0 Å². The van der Waals surface area contributed by atoms with Gasteiger partial charge in [0.15, 0.2) is 0 Å². The summed E-state index contributed by atoms with van der Waals surface area (Å²) >= 11 is 0. The lowest BCUT2D eigenvalue weighted by molar-refractivity contribution is -0.189. The summed E-state index contributed by atoms with van der Waals surface area (Å²) in [6.07, 6.45) is 8.30. The van der Waals surface area contributed by atoms with Crippen LogP contribution < -0.4 is 0 Å². The van der Waals surface area contributed by atoms with Crippen LogP contribution in [0.5, 0.6) is 0 Å². The first-order chi connectivity index (χ1) is 18.8. The van der Waals surface area contributed by atoms with Crippen LogP contribution in [0.3, 0.4) is 0 Å². The molecule has 1 aromatic heterocycles. The molecule has 7 atom stereocenters. The van der Waals surface area contributed by atoms with Crippen LogP contribution in [0, 0.1) is 34.0 Å². The Morgan fingerprint density at radius 1 is 1.18 bits per heavy atom. The Morgan fingerprint density at radius 2 is 1.90 bits per heavy atom. The van der Waals surface area contributed by atoms with E-state index in [4.69, 9.17) is 18.6 Å². The summed E-state index contributed by atoms with van der Waals surface area (Å²) in [6.45, 7) is 11.4. The third-order valence-electron chi connectivity index (χ3n) is 10.4. The number of Topliss-reactive ketones (excluding diaryl/α,β-unsaturated/α-hetero) is 1. The van der Waals surface area contributed by atoms with E-state index >= 15 is 0 Å². The predicted molar refractivity (Wildman–Crippen MR) is 144 cm³/mol. The van der Waals surface area contributed by atoms with Crippen molar-refractivity contribution in [3.8, 4) is 0 Å². The van der Waals surface area contributed by atoms with Crippen LogP contribution in [-0.2, 0) is 33.4 Å². The zero-order valence-electron chi connectivity index (χ0n) is 24.2. The molecule has 8 heteroatoms. The van der Waals surface area contributed by atoms with Crippen molar-refractivity contribution in [3.63, 3.8) is 0 Å². The molecule has 40 heavy (non-hydrogen) atoms. The number of fused-ring (bicyclic) bond motifs is 6. The fourth-order valence-corrected chi connectivity index (χ4v) is 8.01. The number of cyclic esters (lactones) is 1. The molecule has 4 aliphatic rings. The van der Waals surface area contributed by atoms with Gasteiger partial charge in [-0.15, -0.1) is 0 Å². The summed E-state index contributed by atoms with van der Waals surface area (Å²) in [5.74, 6) is -2.85. The first-order valence-corrected chi connectivity index (χ1v) is 13.9. The van der Waals surface area contributed by atoms with Gasteiger partial charge in [0.25, 0.3) is 0 Å². The summed E-state index contributed by atoms with van der Waals surface area (Å²) in [5.41, 5.74) is 0.728. The molecule has 0 saturated heterocycles. The lowest BCUT2D eigenvalue weighted by Crippen LogP contribution is -2.66. The number of ketones is 1. The van der Waals surface area contributed by atoms with Crippen LogP contribution in [0.1, 0.15) is 72.5 Å². The Labute approximate surface area is 234 Å². The van der Waals surface area contributed by atoms with Crippen LogP contribution in [0.15, 0.2) is 58.0 Å². The monoisotopic (exact) mass is 550 g/mol. The Hall–Kier alpha value is -3.42. The first kappa shape index (κ1) is 28.1. The number of hydrogen-bond acceptors (Lipinski definition) is 8.